The van der Waals surface area contributed by atoms with Gasteiger partial charge in [-0.05, 0) is 54.6 Å². The first kappa shape index (κ1) is 24.5. The van der Waals surface area contributed by atoms with Crippen LogP contribution in [0.2, 0.25) is 0 Å². The lowest BCUT2D eigenvalue weighted by molar-refractivity contribution is 0.668. The quantitative estimate of drug-likeness (QED) is 0.213. The second kappa shape index (κ2) is 9.71. The molecule has 0 aliphatic carbocycles. The van der Waals surface area contributed by atoms with Crippen LogP contribution in [-0.2, 0) is 0 Å². The van der Waals surface area contributed by atoms with Crippen LogP contribution < -0.4 is 0 Å². The molecule has 0 N–H and O–H groups in total. The van der Waals surface area contributed by atoms with E-state index in [0.29, 0.717) is 17.5 Å². The van der Waals surface area contributed by atoms with Crippen LogP contribution in [-0.4, -0.2) is 24.5 Å². The minimum Gasteiger partial charge on any atom is -0.456 e. The van der Waals surface area contributed by atoms with Gasteiger partial charge < -0.3 is 8.98 Å². The molecule has 9 rings (SSSR count). The van der Waals surface area contributed by atoms with E-state index in [1.807, 2.05) is 60.8 Å². The fourth-order valence-corrected chi connectivity index (χ4v) is 6.07. The van der Waals surface area contributed by atoms with Gasteiger partial charge in [0.15, 0.2) is 17.5 Å². The maximum absolute atomic E-state index is 6.14. The molecule has 0 aliphatic rings. The van der Waals surface area contributed by atoms with Crippen molar-refractivity contribution in [3.63, 3.8) is 0 Å². The van der Waals surface area contributed by atoms with Gasteiger partial charge in [0.25, 0.3) is 0 Å². The fourth-order valence-electron chi connectivity index (χ4n) is 6.07. The van der Waals surface area contributed by atoms with Crippen LogP contribution in [0, 0.1) is 0 Å². The fraction of sp³-hybridized carbons (Fsp3) is 0. The number of furan rings is 1. The van der Waals surface area contributed by atoms with Crippen LogP contribution in [0.4, 0.5) is 0 Å². The predicted molar refractivity (Wildman–Crippen MR) is 176 cm³/mol. The van der Waals surface area contributed by atoms with Gasteiger partial charge in [0.05, 0.1) is 11.0 Å². The number of aromatic nitrogens is 5. The Balaban J connectivity index is 1.18. The minimum absolute atomic E-state index is 0.584. The lowest BCUT2D eigenvalue weighted by atomic mass is 10.1. The SMILES string of the molecule is c1ccc(-c2nc(-c3ccc(-n4c5ccccc5c5ccccc54)cc3)nc(-c3ccc4c(c3)oc3ccncc34)n2)cc1. The van der Waals surface area contributed by atoms with Crippen LogP contribution in [0.25, 0.3) is 83.6 Å². The maximum Gasteiger partial charge on any atom is 0.164 e. The zero-order chi connectivity index (χ0) is 29.0. The molecule has 4 aromatic heterocycles. The molecule has 0 unspecified atom stereocenters. The average Bonchev–Trinajstić information content (AvgIpc) is 3.64. The number of hydrogen-bond acceptors (Lipinski definition) is 5. The van der Waals surface area contributed by atoms with Crippen LogP contribution in [0.5, 0.6) is 0 Å². The molecule has 0 bridgehead atoms. The third-order valence-corrected chi connectivity index (χ3v) is 8.16. The van der Waals surface area contributed by atoms with Gasteiger partial charge in [0.1, 0.15) is 11.2 Å². The van der Waals surface area contributed by atoms with Crippen molar-refractivity contribution in [3.05, 3.63) is 140 Å². The van der Waals surface area contributed by atoms with Crippen molar-refractivity contribution in [2.45, 2.75) is 0 Å². The number of para-hydroxylation sites is 2. The number of fused-ring (bicyclic) bond motifs is 6. The van der Waals surface area contributed by atoms with Crippen molar-refractivity contribution in [3.8, 4) is 39.9 Å². The smallest absolute Gasteiger partial charge is 0.164 e. The van der Waals surface area contributed by atoms with Crippen LogP contribution in [0.15, 0.2) is 144 Å². The highest BCUT2D eigenvalue weighted by Gasteiger charge is 2.16. The van der Waals surface area contributed by atoms with E-state index in [1.54, 1.807) is 6.20 Å². The van der Waals surface area contributed by atoms with Crippen molar-refractivity contribution in [1.82, 2.24) is 24.5 Å². The summed E-state index contributed by atoms with van der Waals surface area (Å²) in [4.78, 5) is 19.1. The lowest BCUT2D eigenvalue weighted by Crippen LogP contribution is -2.00. The molecular weight excluding hydrogens is 542 g/mol. The highest BCUT2D eigenvalue weighted by atomic mass is 16.3. The zero-order valence-corrected chi connectivity index (χ0v) is 23.4. The van der Waals surface area contributed by atoms with Gasteiger partial charge in [-0.2, -0.15) is 0 Å². The molecule has 6 heteroatoms. The molecule has 0 amide bonds. The number of nitrogens with zero attached hydrogens (tertiary/aromatic N) is 5. The van der Waals surface area contributed by atoms with E-state index < -0.39 is 0 Å². The summed E-state index contributed by atoms with van der Waals surface area (Å²) < 4.78 is 8.45. The van der Waals surface area contributed by atoms with E-state index in [-0.39, 0.29) is 0 Å². The van der Waals surface area contributed by atoms with Crippen LogP contribution >= 0.6 is 0 Å². The van der Waals surface area contributed by atoms with E-state index in [4.69, 9.17) is 19.4 Å². The van der Waals surface area contributed by atoms with Gasteiger partial charge in [-0.15, -0.1) is 0 Å². The molecule has 0 spiro atoms. The maximum atomic E-state index is 6.14. The molecular formula is C38H23N5O. The van der Waals surface area contributed by atoms with E-state index in [0.717, 1.165) is 44.3 Å². The van der Waals surface area contributed by atoms with Crippen molar-refractivity contribution >= 4 is 43.7 Å². The van der Waals surface area contributed by atoms with Crippen LogP contribution in [0.1, 0.15) is 0 Å². The van der Waals surface area contributed by atoms with Gasteiger partial charge in [0, 0.05) is 56.3 Å². The highest BCUT2D eigenvalue weighted by molar-refractivity contribution is 6.09. The molecule has 9 aromatic rings. The molecule has 5 aromatic carbocycles. The predicted octanol–water partition coefficient (Wildman–Crippen LogP) is 9.26. The Morgan fingerprint density at radius 1 is 0.455 bits per heavy atom. The number of pyridine rings is 1. The molecule has 44 heavy (non-hydrogen) atoms. The standard InChI is InChI=1S/C38H23N5O/c1-2-8-24(9-3-1)36-40-37(42-38(41-36)26-16-19-30-31-23-39-21-20-34(31)44-35(30)22-26)25-14-17-27(18-15-25)43-32-12-6-4-10-28(32)29-11-5-7-13-33(29)43/h1-23H. The lowest BCUT2D eigenvalue weighted by Gasteiger charge is -2.10. The summed E-state index contributed by atoms with van der Waals surface area (Å²) in [7, 11) is 0. The summed E-state index contributed by atoms with van der Waals surface area (Å²) >= 11 is 0. The molecule has 0 fully saturated rings. The molecule has 0 aliphatic heterocycles. The van der Waals surface area contributed by atoms with Crippen molar-refractivity contribution in [2.24, 2.45) is 0 Å². The van der Waals surface area contributed by atoms with E-state index in [9.17, 15) is 0 Å². The average molecular weight is 566 g/mol. The first-order valence-electron chi connectivity index (χ1n) is 14.5. The molecule has 4 heterocycles. The summed E-state index contributed by atoms with van der Waals surface area (Å²) in [6, 6.07) is 43.5. The summed E-state index contributed by atoms with van der Waals surface area (Å²) in [6.45, 7) is 0. The number of rotatable bonds is 4. The normalized spacial score (nSPS) is 11.6. The van der Waals surface area contributed by atoms with Gasteiger partial charge in [-0.1, -0.05) is 72.8 Å². The first-order chi connectivity index (χ1) is 21.8. The van der Waals surface area contributed by atoms with Gasteiger partial charge in [-0.25, -0.2) is 15.0 Å². The Morgan fingerprint density at radius 3 is 1.75 bits per heavy atom. The molecule has 206 valence electrons. The van der Waals surface area contributed by atoms with Crippen molar-refractivity contribution < 1.29 is 4.42 Å². The molecule has 0 radical (unpaired) electrons. The highest BCUT2D eigenvalue weighted by Crippen LogP contribution is 2.34. The third kappa shape index (κ3) is 3.89. The Morgan fingerprint density at radius 2 is 1.05 bits per heavy atom. The van der Waals surface area contributed by atoms with Crippen LogP contribution in [0.3, 0.4) is 0 Å². The largest absolute Gasteiger partial charge is 0.456 e. The van der Waals surface area contributed by atoms with Gasteiger partial charge in [0.2, 0.25) is 0 Å². The molecule has 6 nitrogen and oxygen atoms in total. The first-order valence-corrected chi connectivity index (χ1v) is 14.5. The Kier molecular flexibility index (Phi) is 5.40. The second-order valence-corrected chi connectivity index (χ2v) is 10.8. The van der Waals surface area contributed by atoms with E-state index >= 15 is 0 Å². The summed E-state index contributed by atoms with van der Waals surface area (Å²) in [5.41, 5.74) is 7.68. The number of hydrogen-bond donors (Lipinski definition) is 0. The molecule has 0 saturated heterocycles. The monoisotopic (exact) mass is 565 g/mol. The number of benzene rings is 5. The van der Waals surface area contributed by atoms with Gasteiger partial charge in [-0.3, -0.25) is 4.98 Å². The topological polar surface area (TPSA) is 69.6 Å². The molecule has 0 saturated carbocycles. The Bertz CT molecular complexity index is 2440. The molecule has 0 atom stereocenters. The van der Waals surface area contributed by atoms with Crippen molar-refractivity contribution in [2.75, 3.05) is 0 Å². The zero-order valence-electron chi connectivity index (χ0n) is 23.4. The summed E-state index contributed by atoms with van der Waals surface area (Å²) in [5, 5.41) is 4.47. The Hall–Kier alpha value is -6.14. The minimum atomic E-state index is 0.584. The van der Waals surface area contributed by atoms with Gasteiger partial charge >= 0.3 is 0 Å². The summed E-state index contributed by atoms with van der Waals surface area (Å²) in [6.07, 6.45) is 3.57. The van der Waals surface area contributed by atoms with Crippen molar-refractivity contribution in [1.29, 1.82) is 0 Å². The third-order valence-electron chi connectivity index (χ3n) is 8.16. The van der Waals surface area contributed by atoms with E-state index in [1.165, 1.54) is 21.8 Å². The Labute approximate surface area is 251 Å². The summed E-state index contributed by atoms with van der Waals surface area (Å²) in [5.74, 6) is 1.81. The second-order valence-electron chi connectivity index (χ2n) is 10.8. The van der Waals surface area contributed by atoms with E-state index in [2.05, 4.69) is 82.3 Å².